The zero-order chi connectivity index (χ0) is 13.3. The molecule has 1 N–H and O–H groups in total. The van der Waals surface area contributed by atoms with E-state index in [0.29, 0.717) is 18.1 Å². The largest absolute Gasteiger partial charge is 0.359 e. The first kappa shape index (κ1) is 12.9. The van der Waals surface area contributed by atoms with Gasteiger partial charge in [-0.2, -0.15) is 5.10 Å². The van der Waals surface area contributed by atoms with Crippen molar-refractivity contribution < 1.29 is 4.92 Å². The first-order valence-corrected chi connectivity index (χ1v) is 6.53. The molecule has 1 aromatic heterocycles. The Morgan fingerprint density at radius 3 is 2.56 bits per heavy atom. The molecule has 0 atom stereocenters. The summed E-state index contributed by atoms with van der Waals surface area (Å²) in [6.07, 6.45) is 4.33. The first-order valence-electron chi connectivity index (χ1n) is 6.53. The van der Waals surface area contributed by atoms with Gasteiger partial charge in [-0.15, -0.1) is 0 Å². The molecule has 0 amide bonds. The molecular weight excluding hydrogens is 232 g/mol. The van der Waals surface area contributed by atoms with Crippen LogP contribution in [-0.2, 0) is 6.54 Å². The second-order valence-corrected chi connectivity index (χ2v) is 4.97. The maximum atomic E-state index is 11.2. The molecule has 1 saturated carbocycles. The van der Waals surface area contributed by atoms with E-state index in [4.69, 9.17) is 0 Å². The van der Waals surface area contributed by atoms with Gasteiger partial charge in [0.1, 0.15) is 5.69 Å². The predicted molar refractivity (Wildman–Crippen MR) is 69.8 cm³/mol. The monoisotopic (exact) mass is 252 g/mol. The summed E-state index contributed by atoms with van der Waals surface area (Å²) in [4.78, 5) is 10.8. The molecule has 6 heteroatoms. The molecule has 1 fully saturated rings. The van der Waals surface area contributed by atoms with Crippen LogP contribution in [0.1, 0.15) is 45.2 Å². The fraction of sp³-hybridized carbons (Fsp3) is 0.750. The van der Waals surface area contributed by atoms with Gasteiger partial charge in [-0.25, -0.2) is 4.68 Å². The highest BCUT2D eigenvalue weighted by atomic mass is 16.6. The lowest BCUT2D eigenvalue weighted by Crippen LogP contribution is -2.45. The Balaban J connectivity index is 2.38. The minimum atomic E-state index is -0.334. The molecule has 0 spiro atoms. The van der Waals surface area contributed by atoms with Crippen LogP contribution in [-0.4, -0.2) is 20.2 Å². The molecule has 1 heterocycles. The maximum absolute atomic E-state index is 11.2. The van der Waals surface area contributed by atoms with Crippen molar-refractivity contribution in [1.82, 2.24) is 9.78 Å². The lowest BCUT2D eigenvalue weighted by atomic mass is 9.75. The van der Waals surface area contributed by atoms with E-state index in [0.717, 1.165) is 19.3 Å². The number of aromatic nitrogens is 2. The number of rotatable bonds is 5. The number of hydrogen-bond acceptors (Lipinski definition) is 4. The third kappa shape index (κ3) is 1.95. The zero-order valence-corrected chi connectivity index (χ0v) is 11.2. The van der Waals surface area contributed by atoms with Gasteiger partial charge in [0.25, 0.3) is 0 Å². The molecule has 0 bridgehead atoms. The van der Waals surface area contributed by atoms with Gasteiger partial charge < -0.3 is 5.32 Å². The smallest absolute Gasteiger partial charge is 0.333 e. The van der Waals surface area contributed by atoms with Crippen LogP contribution >= 0.6 is 0 Å². The molecule has 0 unspecified atom stereocenters. The van der Waals surface area contributed by atoms with E-state index >= 15 is 0 Å². The summed E-state index contributed by atoms with van der Waals surface area (Å²) >= 11 is 0. The lowest BCUT2D eigenvalue weighted by molar-refractivity contribution is -0.384. The van der Waals surface area contributed by atoms with Crippen LogP contribution in [0.2, 0.25) is 0 Å². The Kier molecular flexibility index (Phi) is 3.28. The Hall–Kier alpha value is -1.59. The van der Waals surface area contributed by atoms with Crippen LogP contribution in [0.15, 0.2) is 0 Å². The van der Waals surface area contributed by atoms with Crippen molar-refractivity contribution in [2.75, 3.05) is 5.32 Å². The van der Waals surface area contributed by atoms with E-state index in [1.165, 1.54) is 6.42 Å². The molecular formula is C12H20N4O2. The number of nitrogens with one attached hydrogen (secondary N) is 1. The van der Waals surface area contributed by atoms with Crippen molar-refractivity contribution in [1.29, 1.82) is 0 Å². The maximum Gasteiger partial charge on any atom is 0.333 e. The van der Waals surface area contributed by atoms with Gasteiger partial charge in [0.15, 0.2) is 0 Å². The fourth-order valence-corrected chi connectivity index (χ4v) is 2.56. The minimum Gasteiger partial charge on any atom is -0.359 e. The quantitative estimate of drug-likeness (QED) is 0.646. The first-order chi connectivity index (χ1) is 8.53. The Morgan fingerprint density at radius 1 is 1.50 bits per heavy atom. The molecule has 1 aliphatic carbocycles. The molecule has 0 saturated heterocycles. The van der Waals surface area contributed by atoms with Crippen molar-refractivity contribution in [3.8, 4) is 0 Å². The second kappa shape index (κ2) is 4.59. The van der Waals surface area contributed by atoms with E-state index < -0.39 is 0 Å². The van der Waals surface area contributed by atoms with E-state index in [2.05, 4.69) is 17.3 Å². The Bertz CT molecular complexity index is 457. The van der Waals surface area contributed by atoms with Gasteiger partial charge in [-0.1, -0.05) is 6.92 Å². The minimum absolute atomic E-state index is 0.0319. The summed E-state index contributed by atoms with van der Waals surface area (Å²) < 4.78 is 1.70. The summed E-state index contributed by atoms with van der Waals surface area (Å²) in [5.41, 5.74) is 0.635. The van der Waals surface area contributed by atoms with Crippen molar-refractivity contribution in [3.63, 3.8) is 0 Å². The molecule has 6 nitrogen and oxygen atoms in total. The standard InChI is InChI=1S/C12H20N4O2/c1-4-12(7-6-8-12)13-11-10(16(17)18)9(3)14-15(11)5-2/h13H,4-8H2,1-3H3. The summed E-state index contributed by atoms with van der Waals surface area (Å²) in [6, 6.07) is 0. The van der Waals surface area contributed by atoms with E-state index in [1.54, 1.807) is 11.6 Å². The summed E-state index contributed by atoms with van der Waals surface area (Å²) in [7, 11) is 0. The second-order valence-electron chi connectivity index (χ2n) is 4.97. The molecule has 18 heavy (non-hydrogen) atoms. The summed E-state index contributed by atoms with van der Waals surface area (Å²) in [5, 5.41) is 18.8. The molecule has 2 rings (SSSR count). The van der Waals surface area contributed by atoms with Crippen molar-refractivity contribution in [2.24, 2.45) is 0 Å². The van der Waals surface area contributed by atoms with E-state index in [-0.39, 0.29) is 16.1 Å². The van der Waals surface area contributed by atoms with Gasteiger partial charge in [0, 0.05) is 12.1 Å². The van der Waals surface area contributed by atoms with Crippen molar-refractivity contribution in [2.45, 2.75) is 58.5 Å². The van der Waals surface area contributed by atoms with Crippen LogP contribution in [0.5, 0.6) is 0 Å². The Labute approximate surface area is 107 Å². The van der Waals surface area contributed by atoms with Crippen LogP contribution in [0, 0.1) is 17.0 Å². The molecule has 0 aliphatic heterocycles. The highest BCUT2D eigenvalue weighted by Crippen LogP contribution is 2.40. The van der Waals surface area contributed by atoms with Gasteiger partial charge in [0.2, 0.25) is 5.82 Å². The molecule has 1 aromatic rings. The normalized spacial score (nSPS) is 17.3. The SMILES string of the molecule is CCn1nc(C)c([N+](=O)[O-])c1NC1(CC)CCC1. The van der Waals surface area contributed by atoms with Crippen molar-refractivity contribution >= 4 is 11.5 Å². The highest BCUT2D eigenvalue weighted by molar-refractivity contribution is 5.61. The van der Waals surface area contributed by atoms with E-state index in [1.807, 2.05) is 6.92 Å². The number of nitrogens with zero attached hydrogens (tertiary/aromatic N) is 3. The number of aryl methyl sites for hydroxylation is 2. The summed E-state index contributed by atoms with van der Waals surface area (Å²) in [5.74, 6) is 0.571. The van der Waals surface area contributed by atoms with Gasteiger partial charge in [0.05, 0.1) is 4.92 Å². The highest BCUT2D eigenvalue weighted by Gasteiger charge is 2.38. The number of nitro groups is 1. The molecule has 0 aromatic carbocycles. The zero-order valence-electron chi connectivity index (χ0n) is 11.2. The molecule has 100 valence electrons. The van der Waals surface area contributed by atoms with Crippen molar-refractivity contribution in [3.05, 3.63) is 15.8 Å². The predicted octanol–water partition coefficient (Wildman–Crippen LogP) is 2.86. The Morgan fingerprint density at radius 2 is 2.17 bits per heavy atom. The molecule has 0 radical (unpaired) electrons. The fourth-order valence-electron chi connectivity index (χ4n) is 2.56. The van der Waals surface area contributed by atoms with Gasteiger partial charge >= 0.3 is 5.69 Å². The molecule has 1 aliphatic rings. The van der Waals surface area contributed by atoms with Gasteiger partial charge in [-0.3, -0.25) is 10.1 Å². The van der Waals surface area contributed by atoms with Crippen LogP contribution in [0.3, 0.4) is 0 Å². The third-order valence-electron chi connectivity index (χ3n) is 3.95. The van der Waals surface area contributed by atoms with Crippen LogP contribution < -0.4 is 5.32 Å². The van der Waals surface area contributed by atoms with Gasteiger partial charge in [-0.05, 0) is 39.5 Å². The average Bonchev–Trinajstić information content (AvgIpc) is 2.59. The topological polar surface area (TPSA) is 73.0 Å². The van der Waals surface area contributed by atoms with E-state index in [9.17, 15) is 10.1 Å². The number of anilines is 1. The average molecular weight is 252 g/mol. The lowest BCUT2D eigenvalue weighted by Gasteiger charge is -2.42. The third-order valence-corrected chi connectivity index (χ3v) is 3.95. The van der Waals surface area contributed by atoms with Crippen LogP contribution in [0.4, 0.5) is 11.5 Å². The number of hydrogen-bond donors (Lipinski definition) is 1. The van der Waals surface area contributed by atoms with Crippen LogP contribution in [0.25, 0.3) is 0 Å². The summed E-state index contributed by atoms with van der Waals surface area (Å²) in [6.45, 7) is 6.39.